The van der Waals surface area contributed by atoms with E-state index in [0.717, 1.165) is 10.9 Å². The predicted octanol–water partition coefficient (Wildman–Crippen LogP) is 1.32. The number of nitrogens with one attached hydrogen (secondary N) is 1. The lowest BCUT2D eigenvalue weighted by Gasteiger charge is -1.98. The Morgan fingerprint density at radius 3 is 3.13 bits per heavy atom. The molecule has 0 spiro atoms. The van der Waals surface area contributed by atoms with Crippen LogP contribution in [0.1, 0.15) is 17.4 Å². The Bertz CT molecular complexity index is 504. The molecule has 0 amide bonds. The lowest BCUT2D eigenvalue weighted by atomic mass is 10.2. The van der Waals surface area contributed by atoms with Crippen molar-refractivity contribution in [2.24, 2.45) is 0 Å². The molecule has 0 fully saturated rings. The van der Waals surface area contributed by atoms with Gasteiger partial charge in [-0.25, -0.2) is 4.79 Å². The first-order valence-electron chi connectivity index (χ1n) is 4.63. The van der Waals surface area contributed by atoms with Crippen molar-refractivity contribution in [2.45, 2.75) is 6.92 Å². The number of nitrogens with two attached hydrogens (primary N) is 1. The predicted molar refractivity (Wildman–Crippen MR) is 56.5 cm³/mol. The second-order valence-corrected chi connectivity index (χ2v) is 3.10. The van der Waals surface area contributed by atoms with Gasteiger partial charge < -0.3 is 10.5 Å². The van der Waals surface area contributed by atoms with E-state index in [1.165, 1.54) is 0 Å². The van der Waals surface area contributed by atoms with Crippen LogP contribution in [0.15, 0.2) is 18.2 Å². The highest BCUT2D eigenvalue weighted by atomic mass is 16.5. The van der Waals surface area contributed by atoms with Gasteiger partial charge in [-0.05, 0) is 25.1 Å². The molecule has 0 aliphatic heterocycles. The Morgan fingerprint density at radius 2 is 2.40 bits per heavy atom. The highest BCUT2D eigenvalue weighted by Crippen LogP contribution is 2.19. The van der Waals surface area contributed by atoms with Crippen LogP contribution in [0.3, 0.4) is 0 Å². The van der Waals surface area contributed by atoms with Crippen molar-refractivity contribution >= 4 is 22.6 Å². The van der Waals surface area contributed by atoms with Crippen LogP contribution in [0.4, 0.5) is 5.69 Å². The summed E-state index contributed by atoms with van der Waals surface area (Å²) in [5.74, 6) is -0.423. The van der Waals surface area contributed by atoms with Crippen LogP contribution in [-0.2, 0) is 4.74 Å². The van der Waals surface area contributed by atoms with E-state index < -0.39 is 5.97 Å². The molecular formula is C10H11N3O2. The van der Waals surface area contributed by atoms with Crippen LogP contribution >= 0.6 is 0 Å². The molecule has 0 atom stereocenters. The first-order valence-corrected chi connectivity index (χ1v) is 4.63. The number of nitrogens with zero attached hydrogens (tertiary/aromatic N) is 1. The zero-order valence-electron chi connectivity index (χ0n) is 8.28. The molecule has 0 unspecified atom stereocenters. The summed E-state index contributed by atoms with van der Waals surface area (Å²) in [6.45, 7) is 2.09. The number of carbonyl (C=O) groups excluding carboxylic acids is 1. The van der Waals surface area contributed by atoms with Gasteiger partial charge in [-0.2, -0.15) is 5.10 Å². The lowest BCUT2D eigenvalue weighted by molar-refractivity contribution is 0.0521. The molecule has 5 heteroatoms. The number of ether oxygens (including phenoxy) is 1. The topological polar surface area (TPSA) is 81.0 Å². The molecule has 0 aliphatic carbocycles. The lowest BCUT2D eigenvalue weighted by Crippen LogP contribution is -2.05. The fourth-order valence-electron chi connectivity index (χ4n) is 1.39. The number of aromatic amines is 1. The van der Waals surface area contributed by atoms with Gasteiger partial charge in [0.1, 0.15) is 0 Å². The smallest absolute Gasteiger partial charge is 0.359 e. The van der Waals surface area contributed by atoms with Crippen LogP contribution in [0.25, 0.3) is 10.9 Å². The molecule has 15 heavy (non-hydrogen) atoms. The molecule has 1 aromatic carbocycles. The van der Waals surface area contributed by atoms with Gasteiger partial charge in [0.05, 0.1) is 12.1 Å². The van der Waals surface area contributed by atoms with Crippen LogP contribution in [0.5, 0.6) is 0 Å². The average molecular weight is 205 g/mol. The number of carbonyl (C=O) groups is 1. The largest absolute Gasteiger partial charge is 0.461 e. The Labute approximate surface area is 86.2 Å². The van der Waals surface area contributed by atoms with Crippen molar-refractivity contribution in [3.8, 4) is 0 Å². The molecule has 3 N–H and O–H groups in total. The Morgan fingerprint density at radius 1 is 1.60 bits per heavy atom. The minimum Gasteiger partial charge on any atom is -0.461 e. The fourth-order valence-corrected chi connectivity index (χ4v) is 1.39. The molecule has 0 radical (unpaired) electrons. The molecular weight excluding hydrogens is 194 g/mol. The van der Waals surface area contributed by atoms with E-state index in [1.807, 2.05) is 0 Å². The van der Waals surface area contributed by atoms with Crippen LogP contribution in [-0.4, -0.2) is 22.8 Å². The third-order valence-corrected chi connectivity index (χ3v) is 2.06. The number of hydrogen-bond acceptors (Lipinski definition) is 4. The summed E-state index contributed by atoms with van der Waals surface area (Å²) in [5.41, 5.74) is 7.26. The van der Waals surface area contributed by atoms with Gasteiger partial charge in [0.25, 0.3) is 0 Å². The van der Waals surface area contributed by atoms with Crippen LogP contribution < -0.4 is 5.73 Å². The third-order valence-electron chi connectivity index (χ3n) is 2.06. The Balaban J connectivity index is 2.49. The van der Waals surface area contributed by atoms with E-state index in [9.17, 15) is 4.79 Å². The molecule has 78 valence electrons. The third kappa shape index (κ3) is 1.63. The summed E-state index contributed by atoms with van der Waals surface area (Å²) < 4.78 is 4.87. The van der Waals surface area contributed by atoms with Crippen molar-refractivity contribution in [3.05, 3.63) is 23.9 Å². The summed E-state index contributed by atoms with van der Waals surface area (Å²) >= 11 is 0. The van der Waals surface area contributed by atoms with Crippen molar-refractivity contribution in [1.29, 1.82) is 0 Å². The molecule has 0 saturated carbocycles. The minimum absolute atomic E-state index is 0.298. The second kappa shape index (κ2) is 3.61. The van der Waals surface area contributed by atoms with Crippen LogP contribution in [0.2, 0.25) is 0 Å². The number of benzene rings is 1. The molecule has 5 nitrogen and oxygen atoms in total. The molecule has 0 saturated heterocycles. The van der Waals surface area contributed by atoms with E-state index in [-0.39, 0.29) is 0 Å². The van der Waals surface area contributed by atoms with Gasteiger partial charge in [0.15, 0.2) is 5.69 Å². The molecule has 2 rings (SSSR count). The zero-order valence-corrected chi connectivity index (χ0v) is 8.28. The van der Waals surface area contributed by atoms with Gasteiger partial charge >= 0.3 is 5.97 Å². The summed E-state index contributed by atoms with van der Waals surface area (Å²) in [6.07, 6.45) is 0. The highest BCUT2D eigenvalue weighted by Gasteiger charge is 2.14. The summed E-state index contributed by atoms with van der Waals surface area (Å²) in [6, 6.07) is 5.20. The number of H-pyrrole nitrogens is 1. The SMILES string of the molecule is CCOC(=O)c1n[nH]c2cc(N)ccc12. The van der Waals surface area contributed by atoms with Gasteiger partial charge in [0.2, 0.25) is 0 Å². The summed E-state index contributed by atoms with van der Waals surface area (Å²) in [7, 11) is 0. The molecule has 2 aromatic rings. The standard InChI is InChI=1S/C10H11N3O2/c1-2-15-10(14)9-7-4-3-6(11)5-8(7)12-13-9/h3-5H,2,11H2,1H3,(H,12,13). The van der Waals surface area contributed by atoms with Crippen molar-refractivity contribution < 1.29 is 9.53 Å². The summed E-state index contributed by atoms with van der Waals surface area (Å²) in [5, 5.41) is 7.36. The highest BCUT2D eigenvalue weighted by molar-refractivity contribution is 6.02. The van der Waals surface area contributed by atoms with E-state index in [4.69, 9.17) is 10.5 Å². The zero-order chi connectivity index (χ0) is 10.8. The van der Waals surface area contributed by atoms with E-state index in [1.54, 1.807) is 25.1 Å². The number of esters is 1. The maximum atomic E-state index is 11.5. The molecule has 1 heterocycles. The monoisotopic (exact) mass is 205 g/mol. The Kier molecular flexibility index (Phi) is 2.29. The molecule has 1 aromatic heterocycles. The number of rotatable bonds is 2. The maximum absolute atomic E-state index is 11.5. The first-order chi connectivity index (χ1) is 7.22. The van der Waals surface area contributed by atoms with Gasteiger partial charge in [-0.15, -0.1) is 0 Å². The quantitative estimate of drug-likeness (QED) is 0.572. The van der Waals surface area contributed by atoms with Gasteiger partial charge in [-0.3, -0.25) is 5.10 Å². The second-order valence-electron chi connectivity index (χ2n) is 3.10. The molecule has 0 bridgehead atoms. The normalized spacial score (nSPS) is 10.5. The van der Waals surface area contributed by atoms with E-state index in [0.29, 0.717) is 18.0 Å². The number of fused-ring (bicyclic) bond motifs is 1. The maximum Gasteiger partial charge on any atom is 0.359 e. The fraction of sp³-hybridized carbons (Fsp3) is 0.200. The first kappa shape index (κ1) is 9.51. The molecule has 0 aliphatic rings. The number of hydrogen-bond donors (Lipinski definition) is 2. The van der Waals surface area contributed by atoms with Gasteiger partial charge in [0, 0.05) is 11.1 Å². The summed E-state index contributed by atoms with van der Waals surface area (Å²) in [4.78, 5) is 11.5. The number of aromatic nitrogens is 2. The van der Waals surface area contributed by atoms with Crippen LogP contribution in [0, 0.1) is 0 Å². The van der Waals surface area contributed by atoms with Gasteiger partial charge in [-0.1, -0.05) is 0 Å². The Hall–Kier alpha value is -2.04. The number of anilines is 1. The van der Waals surface area contributed by atoms with Crippen molar-refractivity contribution in [1.82, 2.24) is 10.2 Å². The van der Waals surface area contributed by atoms with Crippen molar-refractivity contribution in [3.63, 3.8) is 0 Å². The van der Waals surface area contributed by atoms with Crippen molar-refractivity contribution in [2.75, 3.05) is 12.3 Å². The number of nitrogen functional groups attached to an aromatic ring is 1. The van der Waals surface area contributed by atoms with E-state index in [2.05, 4.69) is 10.2 Å². The van der Waals surface area contributed by atoms with E-state index >= 15 is 0 Å². The average Bonchev–Trinajstić information content (AvgIpc) is 2.60. The minimum atomic E-state index is -0.423.